The zero-order chi connectivity index (χ0) is 20.7. The van der Waals surface area contributed by atoms with Crippen molar-refractivity contribution in [3.05, 3.63) is 23.8 Å². The number of piperidine rings is 1. The first-order valence-electron chi connectivity index (χ1n) is 9.47. The van der Waals surface area contributed by atoms with Gasteiger partial charge in [-0.2, -0.15) is 13.2 Å². The molecule has 0 saturated carbocycles. The summed E-state index contributed by atoms with van der Waals surface area (Å²) in [5, 5.41) is 5.37. The Labute approximate surface area is 164 Å². The molecule has 1 aromatic carbocycles. The molecule has 1 aliphatic rings. The SMILES string of the molecule is CCOc1ccc(C(F)(F)F)cc1NC(=O)NC1CCN(CCN(C)C)CC1. The number of amides is 2. The molecule has 158 valence electrons. The number of alkyl halides is 3. The Hall–Kier alpha value is -2.00. The second kappa shape index (κ2) is 9.97. The molecule has 0 aliphatic carbocycles. The van der Waals surface area contributed by atoms with Crippen LogP contribution in [0.4, 0.5) is 23.7 Å². The minimum atomic E-state index is -4.49. The van der Waals surface area contributed by atoms with E-state index in [1.807, 2.05) is 14.1 Å². The number of likely N-dealkylation sites (tertiary alicyclic amines) is 1. The summed E-state index contributed by atoms with van der Waals surface area (Å²) in [7, 11) is 4.06. The number of nitrogens with zero attached hydrogens (tertiary/aromatic N) is 2. The lowest BCUT2D eigenvalue weighted by molar-refractivity contribution is -0.137. The summed E-state index contributed by atoms with van der Waals surface area (Å²) in [5.74, 6) is 0.212. The smallest absolute Gasteiger partial charge is 0.416 e. The molecule has 0 bridgehead atoms. The molecular formula is C19H29F3N4O2. The number of halogens is 3. The predicted molar refractivity (Wildman–Crippen MR) is 103 cm³/mol. The maximum absolute atomic E-state index is 13.0. The van der Waals surface area contributed by atoms with Gasteiger partial charge in [0.2, 0.25) is 0 Å². The first-order valence-corrected chi connectivity index (χ1v) is 9.47. The third-order valence-corrected chi connectivity index (χ3v) is 4.64. The van der Waals surface area contributed by atoms with Crippen molar-refractivity contribution in [2.24, 2.45) is 0 Å². The van der Waals surface area contributed by atoms with E-state index in [1.165, 1.54) is 6.07 Å². The Bertz CT molecular complexity index is 645. The van der Waals surface area contributed by atoms with Crippen molar-refractivity contribution in [3.63, 3.8) is 0 Å². The summed E-state index contributed by atoms with van der Waals surface area (Å²) >= 11 is 0. The van der Waals surface area contributed by atoms with E-state index >= 15 is 0 Å². The molecule has 0 aromatic heterocycles. The molecule has 1 aromatic rings. The van der Waals surface area contributed by atoms with Gasteiger partial charge in [0, 0.05) is 32.2 Å². The standard InChI is InChI=1S/C19H29F3N4O2/c1-4-28-17-6-5-14(19(20,21)22)13-16(17)24-18(27)23-15-7-9-26(10-8-15)12-11-25(2)3/h5-6,13,15H,4,7-12H2,1-3H3,(H2,23,24,27). The first-order chi connectivity index (χ1) is 13.2. The summed E-state index contributed by atoms with van der Waals surface area (Å²) in [6.45, 7) is 5.74. The van der Waals surface area contributed by atoms with Crippen LogP contribution in [0.25, 0.3) is 0 Å². The highest BCUT2D eigenvalue weighted by molar-refractivity contribution is 5.91. The molecule has 1 heterocycles. The second-order valence-electron chi connectivity index (χ2n) is 7.16. The number of nitrogens with one attached hydrogen (secondary N) is 2. The number of ether oxygens (including phenoxy) is 1. The van der Waals surface area contributed by atoms with Crippen molar-refractivity contribution in [2.45, 2.75) is 32.0 Å². The molecule has 1 fully saturated rings. The van der Waals surface area contributed by atoms with Crippen LogP contribution in [0, 0.1) is 0 Å². The fourth-order valence-electron chi connectivity index (χ4n) is 3.07. The molecule has 2 N–H and O–H groups in total. The fraction of sp³-hybridized carbons (Fsp3) is 0.632. The zero-order valence-corrected chi connectivity index (χ0v) is 16.6. The molecule has 6 nitrogen and oxygen atoms in total. The molecule has 2 rings (SSSR count). The van der Waals surface area contributed by atoms with Crippen LogP contribution < -0.4 is 15.4 Å². The van der Waals surface area contributed by atoms with Gasteiger partial charge in [0.1, 0.15) is 5.75 Å². The van der Waals surface area contributed by atoms with Crippen molar-refractivity contribution in [2.75, 3.05) is 52.2 Å². The highest BCUT2D eigenvalue weighted by Gasteiger charge is 2.31. The van der Waals surface area contributed by atoms with Crippen LogP contribution in [-0.2, 0) is 6.18 Å². The highest BCUT2D eigenvalue weighted by atomic mass is 19.4. The molecule has 9 heteroatoms. The minimum absolute atomic E-state index is 0.00283. The minimum Gasteiger partial charge on any atom is -0.492 e. The van der Waals surface area contributed by atoms with Gasteiger partial charge >= 0.3 is 12.2 Å². The summed E-state index contributed by atoms with van der Waals surface area (Å²) in [4.78, 5) is 16.8. The number of hydrogen-bond acceptors (Lipinski definition) is 4. The van der Waals surface area contributed by atoms with Crippen molar-refractivity contribution in [3.8, 4) is 5.75 Å². The fourth-order valence-corrected chi connectivity index (χ4v) is 3.07. The number of urea groups is 1. The number of rotatable bonds is 7. The topological polar surface area (TPSA) is 56.8 Å². The van der Waals surface area contributed by atoms with E-state index in [9.17, 15) is 18.0 Å². The number of hydrogen-bond donors (Lipinski definition) is 2. The van der Waals surface area contributed by atoms with Crippen LogP contribution in [0.3, 0.4) is 0 Å². The average Bonchev–Trinajstić information content (AvgIpc) is 2.61. The Morgan fingerprint density at radius 1 is 1.29 bits per heavy atom. The van der Waals surface area contributed by atoms with Gasteiger partial charge < -0.3 is 25.2 Å². The van der Waals surface area contributed by atoms with E-state index in [-0.39, 0.29) is 24.1 Å². The predicted octanol–water partition coefficient (Wildman–Crippen LogP) is 3.25. The number of carbonyl (C=O) groups is 1. The lowest BCUT2D eigenvalue weighted by Gasteiger charge is -2.33. The van der Waals surface area contributed by atoms with Gasteiger partial charge in [0.05, 0.1) is 17.9 Å². The lowest BCUT2D eigenvalue weighted by Crippen LogP contribution is -2.47. The lowest BCUT2D eigenvalue weighted by atomic mass is 10.1. The van der Waals surface area contributed by atoms with Crippen LogP contribution in [-0.4, -0.2) is 68.8 Å². The van der Waals surface area contributed by atoms with Crippen LogP contribution in [0.5, 0.6) is 5.75 Å². The van der Waals surface area contributed by atoms with Crippen LogP contribution in [0.2, 0.25) is 0 Å². The Morgan fingerprint density at radius 2 is 1.96 bits per heavy atom. The van der Waals surface area contributed by atoms with Gasteiger partial charge in [0.15, 0.2) is 0 Å². The maximum atomic E-state index is 13.0. The van der Waals surface area contributed by atoms with Gasteiger partial charge in [-0.05, 0) is 52.1 Å². The van der Waals surface area contributed by atoms with Crippen LogP contribution >= 0.6 is 0 Å². The van der Waals surface area contributed by atoms with Gasteiger partial charge in [-0.3, -0.25) is 0 Å². The van der Waals surface area contributed by atoms with E-state index in [2.05, 4.69) is 20.4 Å². The van der Waals surface area contributed by atoms with Crippen molar-refractivity contribution in [1.29, 1.82) is 0 Å². The quantitative estimate of drug-likeness (QED) is 0.735. The molecule has 1 aliphatic heterocycles. The van der Waals surface area contributed by atoms with E-state index in [4.69, 9.17) is 4.74 Å². The second-order valence-corrected chi connectivity index (χ2v) is 7.16. The number of anilines is 1. The molecule has 2 amide bonds. The summed E-state index contributed by atoms with van der Waals surface area (Å²) in [6.07, 6.45) is -2.87. The molecular weight excluding hydrogens is 373 g/mol. The van der Waals surface area contributed by atoms with Crippen LogP contribution in [0.1, 0.15) is 25.3 Å². The van der Waals surface area contributed by atoms with Gasteiger partial charge in [0.25, 0.3) is 0 Å². The van der Waals surface area contributed by atoms with Crippen molar-refractivity contribution >= 4 is 11.7 Å². The summed E-state index contributed by atoms with van der Waals surface area (Å²) in [5.41, 5.74) is -0.821. The van der Waals surface area contributed by atoms with Crippen molar-refractivity contribution in [1.82, 2.24) is 15.1 Å². The van der Waals surface area contributed by atoms with Crippen molar-refractivity contribution < 1.29 is 22.7 Å². The van der Waals surface area contributed by atoms with Gasteiger partial charge in [-0.25, -0.2) is 4.79 Å². The Balaban J connectivity index is 1.92. The van der Waals surface area contributed by atoms with Crippen LogP contribution in [0.15, 0.2) is 18.2 Å². The highest BCUT2D eigenvalue weighted by Crippen LogP contribution is 2.35. The first kappa shape index (κ1) is 22.3. The zero-order valence-electron chi connectivity index (χ0n) is 16.6. The van der Waals surface area contributed by atoms with E-state index in [0.29, 0.717) is 0 Å². The van der Waals surface area contributed by atoms with Gasteiger partial charge in [-0.1, -0.05) is 0 Å². The molecule has 1 saturated heterocycles. The molecule has 0 unspecified atom stereocenters. The molecule has 28 heavy (non-hydrogen) atoms. The van der Waals surface area contributed by atoms with E-state index in [1.54, 1.807) is 6.92 Å². The Morgan fingerprint density at radius 3 is 2.54 bits per heavy atom. The van der Waals surface area contributed by atoms with E-state index in [0.717, 1.165) is 51.2 Å². The maximum Gasteiger partial charge on any atom is 0.416 e. The van der Waals surface area contributed by atoms with E-state index < -0.39 is 17.8 Å². The molecule has 0 spiro atoms. The average molecular weight is 402 g/mol. The normalized spacial score (nSPS) is 16.2. The number of benzene rings is 1. The third kappa shape index (κ3) is 6.87. The number of carbonyl (C=O) groups excluding carboxylic acids is 1. The number of likely N-dealkylation sites (N-methyl/N-ethyl adjacent to an activating group) is 1. The third-order valence-electron chi connectivity index (χ3n) is 4.64. The van der Waals surface area contributed by atoms with Gasteiger partial charge in [-0.15, -0.1) is 0 Å². The molecule has 0 radical (unpaired) electrons. The summed E-state index contributed by atoms with van der Waals surface area (Å²) in [6, 6.07) is 2.54. The monoisotopic (exact) mass is 402 g/mol. The largest absolute Gasteiger partial charge is 0.492 e. The Kier molecular flexibility index (Phi) is 7.94. The summed E-state index contributed by atoms with van der Waals surface area (Å²) < 4.78 is 44.2. The molecule has 0 atom stereocenters.